The lowest BCUT2D eigenvalue weighted by Gasteiger charge is -2.16. The van der Waals surface area contributed by atoms with E-state index in [-0.39, 0.29) is 29.9 Å². The lowest BCUT2D eigenvalue weighted by Crippen LogP contribution is -2.36. The Hall–Kier alpha value is -0.210. The van der Waals surface area contributed by atoms with Crippen molar-refractivity contribution < 1.29 is 28.4 Å². The van der Waals surface area contributed by atoms with Gasteiger partial charge in [-0.05, 0) is 25.7 Å². The zero-order chi connectivity index (χ0) is 20.9. The van der Waals surface area contributed by atoms with Crippen LogP contribution in [0, 0.1) is 5.92 Å². The van der Waals surface area contributed by atoms with Gasteiger partial charge in [0, 0.05) is 29.9 Å². The van der Waals surface area contributed by atoms with Gasteiger partial charge in [-0.3, -0.25) is 4.79 Å². The highest BCUT2D eigenvalue weighted by Crippen LogP contribution is 2.33. The van der Waals surface area contributed by atoms with Crippen molar-refractivity contribution in [2.24, 2.45) is 5.92 Å². The second-order valence-corrected chi connectivity index (χ2v) is 9.71. The van der Waals surface area contributed by atoms with Crippen molar-refractivity contribution in [3.8, 4) is 0 Å². The number of hydrogen-bond donors (Lipinski definition) is 5. The van der Waals surface area contributed by atoms with Crippen LogP contribution >= 0.6 is 29.8 Å². The maximum Gasteiger partial charge on any atom is 0.315 e. The normalized spacial score (nSPS) is 24.9. The molecule has 0 aromatic heterocycles. The van der Waals surface area contributed by atoms with Gasteiger partial charge in [0.1, 0.15) is 0 Å². The number of hydrogen-bond acceptors (Lipinski definition) is 7. The zero-order valence-corrected chi connectivity index (χ0v) is 19.6. The first-order valence-corrected chi connectivity index (χ1v) is 13.1. The number of unbranched alkanes of at least 4 members (excludes halogenated alkanes) is 2. The molecular weight excluding hydrogens is 436 g/mol. The molecule has 168 valence electrons. The van der Waals surface area contributed by atoms with Crippen LogP contribution in [0.25, 0.3) is 0 Å². The van der Waals surface area contributed by atoms with Gasteiger partial charge in [0.25, 0.3) is 0 Å². The molecule has 12 heteroatoms. The van der Waals surface area contributed by atoms with Crippen LogP contribution in [0.1, 0.15) is 44.9 Å². The average Bonchev–Trinajstić information content (AvgIpc) is 3.25. The fourth-order valence-electron chi connectivity index (χ4n) is 3.70. The molecule has 2 heterocycles. The van der Waals surface area contributed by atoms with Crippen LogP contribution < -0.4 is 16.0 Å². The van der Waals surface area contributed by atoms with Crippen molar-refractivity contribution in [2.45, 2.75) is 62.3 Å². The van der Waals surface area contributed by atoms with E-state index in [0.717, 1.165) is 44.3 Å². The molecule has 2 saturated heterocycles. The Balaban J connectivity index is 1.46. The van der Waals surface area contributed by atoms with E-state index in [1.165, 1.54) is 0 Å². The molecule has 0 aromatic rings. The first-order chi connectivity index (χ1) is 14.1. The van der Waals surface area contributed by atoms with Crippen molar-refractivity contribution in [1.82, 2.24) is 16.0 Å². The smallest absolute Gasteiger partial charge is 0.315 e. The first kappa shape index (κ1) is 25.1. The van der Waals surface area contributed by atoms with Crippen LogP contribution in [0.2, 0.25) is 0 Å². The van der Waals surface area contributed by atoms with Gasteiger partial charge in [-0.25, -0.2) is 14.2 Å². The Morgan fingerprint density at radius 2 is 2.17 bits per heavy atom. The van der Waals surface area contributed by atoms with E-state index in [1.807, 2.05) is 11.8 Å². The zero-order valence-electron chi connectivity index (χ0n) is 16.6. The average molecular weight is 470 g/mol. The first-order valence-electron chi connectivity index (χ1n) is 10.2. The lowest BCUT2D eigenvalue weighted by molar-refractivity contribution is -0.121. The van der Waals surface area contributed by atoms with Crippen LogP contribution in [0.3, 0.4) is 0 Å². The Morgan fingerprint density at radius 1 is 1.31 bits per heavy atom. The van der Waals surface area contributed by atoms with Gasteiger partial charge in [-0.1, -0.05) is 12.8 Å². The number of carbonyl (C=O) groups is 2. The molecule has 3 amide bonds. The quantitative estimate of drug-likeness (QED) is 0.131. The number of urea groups is 1. The monoisotopic (exact) mass is 470 g/mol. The largest absolute Gasteiger partial charge is 0.356 e. The van der Waals surface area contributed by atoms with Crippen LogP contribution in [0.5, 0.6) is 0 Å². The standard InChI is InChI=1S/C17H33N3O6P2S/c21-15(18-8-4-3-5-12(9-25-27-23)10-26-28-24)7-2-1-6-14-16-13(11-29-14)19-17(22)20-16/h12-14,16,23-24,27H,1-11,28H2,(H2-,18,19,20,21,22)/p+1. The third kappa shape index (κ3) is 9.64. The van der Waals surface area contributed by atoms with Gasteiger partial charge >= 0.3 is 6.03 Å². The second kappa shape index (κ2) is 14.7. The maximum absolute atomic E-state index is 12.0. The number of nitrogens with one attached hydrogen (secondary N) is 3. The molecule has 29 heavy (non-hydrogen) atoms. The molecule has 5 N–H and O–H groups in total. The summed E-state index contributed by atoms with van der Waals surface area (Å²) in [4.78, 5) is 40.9. The molecule has 2 aliphatic rings. The van der Waals surface area contributed by atoms with Crippen molar-refractivity contribution in [1.29, 1.82) is 0 Å². The molecule has 0 spiro atoms. The summed E-state index contributed by atoms with van der Waals surface area (Å²) in [6.07, 6.45) is 6.09. The summed E-state index contributed by atoms with van der Waals surface area (Å²) in [7, 11) is -1.51. The molecule has 0 bridgehead atoms. The van der Waals surface area contributed by atoms with E-state index in [1.54, 1.807) is 0 Å². The van der Waals surface area contributed by atoms with Crippen molar-refractivity contribution in [3.05, 3.63) is 0 Å². The molecule has 0 aliphatic carbocycles. The minimum absolute atomic E-state index is 0.0562. The van der Waals surface area contributed by atoms with Crippen LogP contribution in [0.15, 0.2) is 0 Å². The minimum Gasteiger partial charge on any atom is -0.356 e. The number of thioether (sulfide) groups is 1. The molecule has 0 aromatic carbocycles. The Morgan fingerprint density at radius 3 is 2.97 bits per heavy atom. The summed E-state index contributed by atoms with van der Waals surface area (Å²) in [5, 5.41) is 9.35. The molecule has 0 saturated carbocycles. The van der Waals surface area contributed by atoms with Crippen molar-refractivity contribution in [2.75, 3.05) is 25.5 Å². The van der Waals surface area contributed by atoms with E-state index in [0.29, 0.717) is 31.4 Å². The Bertz CT molecular complexity index is 500. The van der Waals surface area contributed by atoms with Gasteiger partial charge in [0.2, 0.25) is 14.9 Å². The fourth-order valence-corrected chi connectivity index (χ4v) is 5.91. The van der Waals surface area contributed by atoms with E-state index < -0.39 is 18.1 Å². The van der Waals surface area contributed by atoms with E-state index in [2.05, 4.69) is 16.0 Å². The van der Waals surface area contributed by atoms with Crippen LogP contribution in [-0.4, -0.2) is 64.6 Å². The summed E-state index contributed by atoms with van der Waals surface area (Å²) < 4.78 is 10.1. The molecular formula is C17H34N3O6P2S+. The van der Waals surface area contributed by atoms with Crippen LogP contribution in [-0.2, 0) is 13.8 Å². The highest BCUT2D eigenvalue weighted by atomic mass is 32.2. The fraction of sp³-hybridized carbons (Fsp3) is 0.882. The summed E-state index contributed by atoms with van der Waals surface area (Å²) in [6, 6.07) is 0.435. The molecule has 2 fully saturated rings. The molecule has 6 unspecified atom stereocenters. The van der Waals surface area contributed by atoms with Crippen molar-refractivity contribution in [3.63, 3.8) is 0 Å². The SMILES string of the molecule is O=C(CCCCC1SCC2NC(=O)NC21)NCCCCC(COPO)CO[PH2+]O. The van der Waals surface area contributed by atoms with Gasteiger partial charge in [-0.2, -0.15) is 11.8 Å². The third-order valence-electron chi connectivity index (χ3n) is 5.23. The van der Waals surface area contributed by atoms with E-state index in [4.69, 9.17) is 18.8 Å². The number of fused-ring (bicyclic) bond motifs is 1. The molecule has 2 aliphatic heterocycles. The molecule has 2 rings (SSSR count). The molecule has 0 radical (unpaired) electrons. The number of amides is 3. The summed E-state index contributed by atoms with van der Waals surface area (Å²) >= 11 is 1.90. The van der Waals surface area contributed by atoms with Gasteiger partial charge in [0.05, 0.1) is 25.3 Å². The van der Waals surface area contributed by atoms with E-state index >= 15 is 0 Å². The van der Waals surface area contributed by atoms with E-state index in [9.17, 15) is 9.59 Å². The Kier molecular flexibility index (Phi) is 12.7. The predicted octanol–water partition coefficient (Wildman–Crippen LogP) is 1.38. The van der Waals surface area contributed by atoms with Gasteiger partial charge < -0.3 is 25.4 Å². The third-order valence-corrected chi connectivity index (χ3v) is 7.38. The summed E-state index contributed by atoms with van der Waals surface area (Å²) in [5.74, 6) is 1.21. The molecule has 6 atom stereocenters. The van der Waals surface area contributed by atoms with Gasteiger partial charge in [0.15, 0.2) is 9.03 Å². The highest BCUT2D eigenvalue weighted by Gasteiger charge is 2.42. The van der Waals surface area contributed by atoms with Crippen LogP contribution in [0.4, 0.5) is 4.79 Å². The predicted molar refractivity (Wildman–Crippen MR) is 119 cm³/mol. The summed E-state index contributed by atoms with van der Waals surface area (Å²) in [5.41, 5.74) is 0. The molecule has 9 nitrogen and oxygen atoms in total. The number of carbonyl (C=O) groups excluding carboxylic acids is 2. The maximum atomic E-state index is 12.0. The second-order valence-electron chi connectivity index (χ2n) is 7.42. The minimum atomic E-state index is -0.976. The summed E-state index contributed by atoms with van der Waals surface area (Å²) in [6.45, 7) is 1.50. The highest BCUT2D eigenvalue weighted by molar-refractivity contribution is 8.00. The van der Waals surface area contributed by atoms with Gasteiger partial charge in [-0.15, -0.1) is 0 Å². The lowest BCUT2D eigenvalue weighted by atomic mass is 10.0. The number of rotatable bonds is 16. The van der Waals surface area contributed by atoms with Crippen molar-refractivity contribution >= 4 is 41.8 Å². The Labute approximate surface area is 180 Å². The topological polar surface area (TPSA) is 129 Å².